The van der Waals surface area contributed by atoms with E-state index in [2.05, 4.69) is 10.2 Å². The molecule has 0 aromatic carbocycles. The Morgan fingerprint density at radius 3 is 2.60 bits per heavy atom. The lowest BCUT2D eigenvalue weighted by molar-refractivity contribution is 0.768. The lowest BCUT2D eigenvalue weighted by atomic mass is 10.0. The fourth-order valence-corrected chi connectivity index (χ4v) is 0.867. The van der Waals surface area contributed by atoms with Gasteiger partial charge in [-0.25, -0.2) is 0 Å². The number of hydrogen-bond donors (Lipinski definition) is 1. The molecule has 0 saturated carbocycles. The van der Waals surface area contributed by atoms with Crippen LogP contribution in [0.3, 0.4) is 0 Å². The van der Waals surface area contributed by atoms with Crippen LogP contribution < -0.4 is 5.73 Å². The molecule has 1 atom stereocenters. The molecule has 0 amide bonds. The number of thiocarbonyl (C=S) groups is 1. The molecular weight excluding hydrogens is 146 g/mol. The minimum atomic E-state index is -0.528. The molecule has 0 bridgehead atoms. The first kappa shape index (κ1) is 7.34. The summed E-state index contributed by atoms with van der Waals surface area (Å²) >= 11 is 4.80. The Balaban J connectivity index is 2.95. The number of azo groups is 1. The van der Waals surface area contributed by atoms with Crippen molar-refractivity contribution in [2.45, 2.75) is 19.4 Å². The summed E-state index contributed by atoms with van der Waals surface area (Å²) in [5.74, 6) is 0. The average Bonchev–Trinajstić information content (AvgIpc) is 2.13. The highest BCUT2D eigenvalue weighted by molar-refractivity contribution is 7.80. The van der Waals surface area contributed by atoms with Crippen LogP contribution in [0.5, 0.6) is 0 Å². The summed E-state index contributed by atoms with van der Waals surface area (Å²) in [5, 5.41) is 7.74. The molecule has 1 rings (SSSR count). The van der Waals surface area contributed by atoms with Crippen LogP contribution in [0.4, 0.5) is 0 Å². The fraction of sp³-hybridized carbons (Fsp3) is 0.500. The molecule has 0 aliphatic carbocycles. The third kappa shape index (κ3) is 1.07. The Morgan fingerprint density at radius 2 is 2.40 bits per heavy atom. The van der Waals surface area contributed by atoms with Gasteiger partial charge in [-0.05, 0) is 19.9 Å². The molecule has 3 nitrogen and oxygen atoms in total. The Hall–Kier alpha value is -0.770. The van der Waals surface area contributed by atoms with Crippen LogP contribution in [0.1, 0.15) is 13.8 Å². The Bertz CT molecular complexity index is 231. The summed E-state index contributed by atoms with van der Waals surface area (Å²) in [5.41, 5.74) is 5.77. The van der Waals surface area contributed by atoms with Gasteiger partial charge in [0.25, 0.3) is 0 Å². The molecule has 10 heavy (non-hydrogen) atoms. The van der Waals surface area contributed by atoms with Crippen molar-refractivity contribution in [2.75, 3.05) is 0 Å². The standard InChI is InChI=1S/C6H9N3S/c1-4-3-6(2,5(7)10)9-8-4/h3H,1-2H3,(H2,7,10). The van der Waals surface area contributed by atoms with E-state index < -0.39 is 5.54 Å². The van der Waals surface area contributed by atoms with Gasteiger partial charge in [0.05, 0.1) is 5.70 Å². The first-order valence-corrected chi connectivity index (χ1v) is 3.38. The summed E-state index contributed by atoms with van der Waals surface area (Å²) < 4.78 is 0. The number of nitrogens with two attached hydrogens (primary N) is 1. The monoisotopic (exact) mass is 155 g/mol. The third-order valence-electron chi connectivity index (χ3n) is 1.40. The van der Waals surface area contributed by atoms with E-state index in [9.17, 15) is 0 Å². The van der Waals surface area contributed by atoms with Crippen LogP contribution in [0.2, 0.25) is 0 Å². The predicted molar refractivity (Wildman–Crippen MR) is 43.8 cm³/mol. The van der Waals surface area contributed by atoms with E-state index in [-0.39, 0.29) is 0 Å². The second-order valence-corrected chi connectivity index (χ2v) is 2.94. The second-order valence-electron chi connectivity index (χ2n) is 2.50. The Kier molecular flexibility index (Phi) is 1.56. The maximum absolute atomic E-state index is 5.43. The highest BCUT2D eigenvalue weighted by atomic mass is 32.1. The molecule has 0 fully saturated rings. The number of hydrogen-bond acceptors (Lipinski definition) is 3. The summed E-state index contributed by atoms with van der Waals surface area (Å²) in [7, 11) is 0. The molecular formula is C6H9N3S. The SMILES string of the molecule is CC1=CC(C)(C(N)=S)N=N1. The van der Waals surface area contributed by atoms with Crippen molar-refractivity contribution in [3.63, 3.8) is 0 Å². The Labute approximate surface area is 65.0 Å². The largest absolute Gasteiger partial charge is 0.391 e. The summed E-state index contributed by atoms with van der Waals surface area (Å²) in [4.78, 5) is 0.369. The number of nitrogens with zero attached hydrogens (tertiary/aromatic N) is 2. The van der Waals surface area contributed by atoms with Gasteiger partial charge in [0.15, 0.2) is 0 Å². The van der Waals surface area contributed by atoms with E-state index in [4.69, 9.17) is 18.0 Å². The average molecular weight is 155 g/mol. The van der Waals surface area contributed by atoms with Crippen molar-refractivity contribution in [1.82, 2.24) is 0 Å². The van der Waals surface area contributed by atoms with Crippen molar-refractivity contribution >= 4 is 17.2 Å². The molecule has 1 aliphatic rings. The van der Waals surface area contributed by atoms with E-state index >= 15 is 0 Å². The molecule has 1 heterocycles. The first-order valence-electron chi connectivity index (χ1n) is 2.97. The Morgan fingerprint density at radius 1 is 1.80 bits per heavy atom. The van der Waals surface area contributed by atoms with Gasteiger partial charge in [0.1, 0.15) is 10.5 Å². The zero-order chi connectivity index (χ0) is 7.78. The molecule has 1 unspecified atom stereocenters. The van der Waals surface area contributed by atoms with Crippen molar-refractivity contribution in [3.8, 4) is 0 Å². The first-order chi connectivity index (χ1) is 4.54. The molecule has 0 aromatic rings. The maximum Gasteiger partial charge on any atom is 0.149 e. The number of rotatable bonds is 1. The molecule has 0 aromatic heterocycles. The van der Waals surface area contributed by atoms with E-state index in [0.717, 1.165) is 5.70 Å². The van der Waals surface area contributed by atoms with Gasteiger partial charge < -0.3 is 5.73 Å². The van der Waals surface area contributed by atoms with Crippen LogP contribution >= 0.6 is 12.2 Å². The minimum Gasteiger partial charge on any atom is -0.391 e. The zero-order valence-electron chi connectivity index (χ0n) is 5.96. The predicted octanol–water partition coefficient (Wildman–Crippen LogP) is 1.40. The highest BCUT2D eigenvalue weighted by Gasteiger charge is 2.28. The van der Waals surface area contributed by atoms with Crippen LogP contribution in [0.15, 0.2) is 22.0 Å². The number of allylic oxidation sites excluding steroid dienone is 1. The molecule has 54 valence electrons. The minimum absolute atomic E-state index is 0.369. The van der Waals surface area contributed by atoms with Crippen molar-refractivity contribution in [1.29, 1.82) is 0 Å². The van der Waals surface area contributed by atoms with E-state index in [0.29, 0.717) is 4.99 Å². The molecule has 4 heteroatoms. The second kappa shape index (κ2) is 2.12. The highest BCUT2D eigenvalue weighted by Crippen LogP contribution is 2.23. The summed E-state index contributed by atoms with van der Waals surface area (Å²) in [6.07, 6.45) is 1.86. The van der Waals surface area contributed by atoms with E-state index in [1.54, 1.807) is 0 Å². The van der Waals surface area contributed by atoms with Crippen LogP contribution in [-0.4, -0.2) is 10.5 Å². The molecule has 2 N–H and O–H groups in total. The van der Waals surface area contributed by atoms with Gasteiger partial charge in [-0.15, -0.1) is 0 Å². The van der Waals surface area contributed by atoms with Gasteiger partial charge >= 0.3 is 0 Å². The lowest BCUT2D eigenvalue weighted by Crippen LogP contribution is -2.34. The smallest absolute Gasteiger partial charge is 0.149 e. The van der Waals surface area contributed by atoms with E-state index in [1.807, 2.05) is 19.9 Å². The van der Waals surface area contributed by atoms with Gasteiger partial charge in [-0.2, -0.15) is 10.2 Å². The van der Waals surface area contributed by atoms with Crippen LogP contribution in [-0.2, 0) is 0 Å². The molecule has 0 saturated heterocycles. The van der Waals surface area contributed by atoms with E-state index in [1.165, 1.54) is 0 Å². The normalized spacial score (nSPS) is 30.4. The molecule has 0 spiro atoms. The quantitative estimate of drug-likeness (QED) is 0.582. The third-order valence-corrected chi connectivity index (χ3v) is 1.82. The van der Waals surface area contributed by atoms with Crippen molar-refractivity contribution in [2.24, 2.45) is 16.0 Å². The van der Waals surface area contributed by atoms with Crippen molar-refractivity contribution < 1.29 is 0 Å². The maximum atomic E-state index is 5.43. The van der Waals surface area contributed by atoms with Gasteiger partial charge in [0.2, 0.25) is 0 Å². The molecule has 0 radical (unpaired) electrons. The lowest BCUT2D eigenvalue weighted by Gasteiger charge is -2.12. The van der Waals surface area contributed by atoms with Crippen molar-refractivity contribution in [3.05, 3.63) is 11.8 Å². The van der Waals surface area contributed by atoms with Gasteiger partial charge in [0, 0.05) is 0 Å². The summed E-state index contributed by atoms with van der Waals surface area (Å²) in [6.45, 7) is 3.71. The topological polar surface area (TPSA) is 50.7 Å². The van der Waals surface area contributed by atoms with Crippen LogP contribution in [0, 0.1) is 0 Å². The fourth-order valence-electron chi connectivity index (χ4n) is 0.768. The molecule has 1 aliphatic heterocycles. The van der Waals surface area contributed by atoms with Crippen LogP contribution in [0.25, 0.3) is 0 Å². The van der Waals surface area contributed by atoms with Gasteiger partial charge in [-0.3, -0.25) is 0 Å². The van der Waals surface area contributed by atoms with Gasteiger partial charge in [-0.1, -0.05) is 12.2 Å². The summed E-state index contributed by atoms with van der Waals surface area (Å²) in [6, 6.07) is 0. The zero-order valence-corrected chi connectivity index (χ0v) is 6.77.